The number of aromatic nitrogens is 1. The molecule has 6 heteroatoms. The Morgan fingerprint density at radius 3 is 2.55 bits per heavy atom. The molecule has 0 saturated carbocycles. The van der Waals surface area contributed by atoms with E-state index in [0.717, 1.165) is 29.8 Å². The zero-order valence-corrected chi connectivity index (χ0v) is 18.9. The Labute approximate surface area is 193 Å². The van der Waals surface area contributed by atoms with E-state index in [2.05, 4.69) is 34.7 Å². The zero-order chi connectivity index (χ0) is 20.8. The fraction of sp³-hybridized carbons (Fsp3) is 0.200. The summed E-state index contributed by atoms with van der Waals surface area (Å²) >= 11 is 6.31. The maximum absolute atomic E-state index is 6.31. The third-order valence-corrected chi connectivity index (χ3v) is 5.32. The highest BCUT2D eigenvalue weighted by molar-refractivity contribution is 6.30. The molecule has 0 aliphatic heterocycles. The lowest BCUT2D eigenvalue weighted by molar-refractivity contribution is 0.280. The lowest BCUT2D eigenvalue weighted by atomic mass is 10.1. The van der Waals surface area contributed by atoms with Crippen LogP contribution in [0.2, 0.25) is 5.02 Å². The highest BCUT2D eigenvalue weighted by atomic mass is 35.5. The summed E-state index contributed by atoms with van der Waals surface area (Å²) in [5, 5.41) is 5.42. The molecule has 2 N–H and O–H groups in total. The van der Waals surface area contributed by atoms with Crippen LogP contribution in [-0.2, 0) is 19.6 Å². The van der Waals surface area contributed by atoms with Gasteiger partial charge in [0.15, 0.2) is 11.5 Å². The number of H-pyrrole nitrogens is 1. The maximum Gasteiger partial charge on any atom is 0.166 e. The van der Waals surface area contributed by atoms with Crippen molar-refractivity contribution >= 4 is 34.9 Å². The molecule has 0 amide bonds. The van der Waals surface area contributed by atoms with Crippen LogP contribution in [-0.4, -0.2) is 18.6 Å². The van der Waals surface area contributed by atoms with E-state index in [1.807, 2.05) is 42.5 Å². The molecular weight excluding hydrogens is 431 g/mol. The molecule has 1 heterocycles. The lowest BCUT2D eigenvalue weighted by Crippen LogP contribution is -2.17. The second-order valence-electron chi connectivity index (χ2n) is 7.16. The van der Waals surface area contributed by atoms with Crippen LogP contribution in [0.15, 0.2) is 72.9 Å². The Hall–Kier alpha value is -2.66. The first-order valence-corrected chi connectivity index (χ1v) is 10.4. The molecule has 0 spiro atoms. The molecule has 0 radical (unpaired) electrons. The first kappa shape index (κ1) is 23.0. The van der Waals surface area contributed by atoms with Gasteiger partial charge in [-0.25, -0.2) is 0 Å². The van der Waals surface area contributed by atoms with E-state index in [-0.39, 0.29) is 12.4 Å². The fourth-order valence-electron chi connectivity index (χ4n) is 3.58. The predicted molar refractivity (Wildman–Crippen MR) is 130 cm³/mol. The van der Waals surface area contributed by atoms with Gasteiger partial charge >= 0.3 is 0 Å². The number of ether oxygens (including phenoxy) is 2. The summed E-state index contributed by atoms with van der Waals surface area (Å²) in [4.78, 5) is 3.33. The Kier molecular flexibility index (Phi) is 8.24. The molecule has 0 atom stereocenters. The molecule has 0 aliphatic rings. The number of rotatable bonds is 9. The van der Waals surface area contributed by atoms with Crippen LogP contribution in [0.5, 0.6) is 11.5 Å². The highest BCUT2D eigenvalue weighted by Gasteiger charge is 2.13. The second-order valence-corrected chi connectivity index (χ2v) is 7.59. The number of methoxy groups -OCH3 is 1. The van der Waals surface area contributed by atoms with Gasteiger partial charge in [-0.2, -0.15) is 0 Å². The third kappa shape index (κ3) is 5.73. The van der Waals surface area contributed by atoms with Gasteiger partial charge in [0.25, 0.3) is 0 Å². The SMILES string of the molecule is COc1cc(Cl)cc(CNCCc2c[nH]c3ccccc23)c1OCc1ccccc1.Cl. The quantitative estimate of drug-likeness (QED) is 0.296. The molecule has 31 heavy (non-hydrogen) atoms. The van der Waals surface area contributed by atoms with E-state index in [4.69, 9.17) is 21.1 Å². The van der Waals surface area contributed by atoms with Crippen LogP contribution in [0.3, 0.4) is 0 Å². The average Bonchev–Trinajstić information content (AvgIpc) is 3.19. The van der Waals surface area contributed by atoms with E-state index < -0.39 is 0 Å². The molecule has 0 fully saturated rings. The molecule has 0 aliphatic carbocycles. The van der Waals surface area contributed by atoms with Crippen LogP contribution in [0.1, 0.15) is 16.7 Å². The Morgan fingerprint density at radius 2 is 1.74 bits per heavy atom. The van der Waals surface area contributed by atoms with Gasteiger partial charge in [0.05, 0.1) is 7.11 Å². The molecule has 4 rings (SSSR count). The molecule has 0 bridgehead atoms. The predicted octanol–water partition coefficient (Wildman–Crippen LogP) is 6.16. The normalized spacial score (nSPS) is 10.6. The molecule has 4 aromatic rings. The van der Waals surface area contributed by atoms with Gasteiger partial charge in [0.1, 0.15) is 6.61 Å². The summed E-state index contributed by atoms with van der Waals surface area (Å²) in [6.45, 7) is 1.96. The van der Waals surface area contributed by atoms with E-state index in [1.165, 1.54) is 16.5 Å². The topological polar surface area (TPSA) is 46.3 Å². The van der Waals surface area contributed by atoms with Gasteiger partial charge in [-0.15, -0.1) is 12.4 Å². The minimum absolute atomic E-state index is 0. The van der Waals surface area contributed by atoms with E-state index in [0.29, 0.717) is 23.9 Å². The van der Waals surface area contributed by atoms with Gasteiger partial charge < -0.3 is 19.8 Å². The molecule has 0 unspecified atom stereocenters. The van der Waals surface area contributed by atoms with Crippen LogP contribution in [0, 0.1) is 0 Å². The Morgan fingerprint density at radius 1 is 0.968 bits per heavy atom. The number of halogens is 2. The van der Waals surface area contributed by atoms with Crippen molar-refractivity contribution in [3.05, 3.63) is 94.6 Å². The van der Waals surface area contributed by atoms with E-state index >= 15 is 0 Å². The number of aromatic amines is 1. The molecule has 162 valence electrons. The fourth-order valence-corrected chi connectivity index (χ4v) is 3.81. The Bertz CT molecular complexity index is 1110. The number of para-hydroxylation sites is 1. The summed E-state index contributed by atoms with van der Waals surface area (Å²) in [6, 6.07) is 22.2. The van der Waals surface area contributed by atoms with Crippen molar-refractivity contribution in [2.24, 2.45) is 0 Å². The van der Waals surface area contributed by atoms with Gasteiger partial charge in [-0.3, -0.25) is 0 Å². The minimum Gasteiger partial charge on any atom is -0.493 e. The minimum atomic E-state index is 0. The number of hydrogen-bond acceptors (Lipinski definition) is 3. The van der Waals surface area contributed by atoms with Crippen molar-refractivity contribution in [3.63, 3.8) is 0 Å². The second kappa shape index (κ2) is 11.1. The van der Waals surface area contributed by atoms with Gasteiger partial charge in [-0.05, 0) is 36.2 Å². The van der Waals surface area contributed by atoms with Crippen molar-refractivity contribution in [2.45, 2.75) is 19.6 Å². The largest absolute Gasteiger partial charge is 0.493 e. The molecular formula is C25H26Cl2N2O2. The van der Waals surface area contributed by atoms with Gasteiger partial charge in [0, 0.05) is 40.3 Å². The number of hydrogen-bond donors (Lipinski definition) is 2. The average molecular weight is 457 g/mol. The van der Waals surface area contributed by atoms with E-state index in [9.17, 15) is 0 Å². The molecule has 4 nitrogen and oxygen atoms in total. The van der Waals surface area contributed by atoms with Crippen molar-refractivity contribution in [1.29, 1.82) is 0 Å². The lowest BCUT2D eigenvalue weighted by Gasteiger charge is -2.16. The van der Waals surface area contributed by atoms with Crippen molar-refractivity contribution in [2.75, 3.05) is 13.7 Å². The molecule has 3 aromatic carbocycles. The molecule has 1 aromatic heterocycles. The van der Waals surface area contributed by atoms with Gasteiger partial charge in [-0.1, -0.05) is 60.1 Å². The highest BCUT2D eigenvalue weighted by Crippen LogP contribution is 2.35. The maximum atomic E-state index is 6.31. The third-order valence-electron chi connectivity index (χ3n) is 5.10. The zero-order valence-electron chi connectivity index (χ0n) is 17.4. The first-order valence-electron chi connectivity index (χ1n) is 10.0. The van der Waals surface area contributed by atoms with Crippen LogP contribution < -0.4 is 14.8 Å². The summed E-state index contributed by atoms with van der Waals surface area (Å²) in [5.41, 5.74) is 4.56. The summed E-state index contributed by atoms with van der Waals surface area (Å²) in [5.74, 6) is 1.37. The van der Waals surface area contributed by atoms with E-state index in [1.54, 1.807) is 13.2 Å². The van der Waals surface area contributed by atoms with Crippen LogP contribution >= 0.6 is 24.0 Å². The Balaban J connectivity index is 0.00000272. The van der Waals surface area contributed by atoms with Gasteiger partial charge in [0.2, 0.25) is 0 Å². The summed E-state index contributed by atoms with van der Waals surface area (Å²) in [6.07, 6.45) is 3.02. The number of fused-ring (bicyclic) bond motifs is 1. The smallest absolute Gasteiger partial charge is 0.166 e. The van der Waals surface area contributed by atoms with Crippen molar-refractivity contribution in [1.82, 2.24) is 10.3 Å². The van der Waals surface area contributed by atoms with Crippen LogP contribution in [0.25, 0.3) is 10.9 Å². The van der Waals surface area contributed by atoms with Crippen LogP contribution in [0.4, 0.5) is 0 Å². The summed E-state index contributed by atoms with van der Waals surface area (Å²) in [7, 11) is 1.63. The molecule has 0 saturated heterocycles. The number of nitrogens with one attached hydrogen (secondary N) is 2. The summed E-state index contributed by atoms with van der Waals surface area (Å²) < 4.78 is 11.7. The standard InChI is InChI=1S/C25H25ClN2O2.ClH/c1-29-24-14-21(26)13-20(25(24)30-17-18-7-3-2-4-8-18)15-27-12-11-19-16-28-23-10-6-5-9-22(19)23;/h2-10,13-14,16,27-28H,11-12,15,17H2,1H3;1H. The monoisotopic (exact) mass is 456 g/mol. The van der Waals surface area contributed by atoms with Crippen molar-refractivity contribution in [3.8, 4) is 11.5 Å². The van der Waals surface area contributed by atoms with Crippen molar-refractivity contribution < 1.29 is 9.47 Å². The first-order chi connectivity index (χ1) is 14.7. The number of benzene rings is 3.